The molecule has 0 aliphatic carbocycles. The number of amides is 2. The van der Waals surface area contributed by atoms with Crippen LogP contribution < -0.4 is 5.32 Å². The Morgan fingerprint density at radius 2 is 2.50 bits per heavy atom. The molecule has 0 unspecified atom stereocenters. The minimum Gasteiger partial charge on any atom is -0.336 e. The molecule has 1 N–H and O–H groups in total. The molecule has 0 aromatic rings. The number of nitrogens with one attached hydrogen (secondary N) is 1. The van der Waals surface area contributed by atoms with E-state index in [1.54, 1.807) is 11.9 Å². The Bertz CT molecular complexity index is 113. The highest BCUT2D eigenvalue weighted by molar-refractivity contribution is 5.76. The Balaban J connectivity index is 2.56. The average molecular weight is 114 g/mol. The Morgan fingerprint density at radius 1 is 1.88 bits per heavy atom. The van der Waals surface area contributed by atoms with Crippen molar-refractivity contribution in [3.8, 4) is 0 Å². The van der Waals surface area contributed by atoms with Gasteiger partial charge in [-0.15, -0.1) is 0 Å². The van der Waals surface area contributed by atoms with Crippen LogP contribution in [0.1, 0.15) is 6.92 Å². The zero-order valence-corrected chi connectivity index (χ0v) is 5.14. The normalized spacial score (nSPS) is 28.5. The standard InChI is InChI=1S/C5H10N2O/c1-4-3-6-5(8)7(4)2/h4H,3H2,1-2H3,(H,6,8)/t4-/m1/s1. The van der Waals surface area contributed by atoms with Gasteiger partial charge in [0.15, 0.2) is 0 Å². The van der Waals surface area contributed by atoms with Crippen molar-refractivity contribution < 1.29 is 4.79 Å². The lowest BCUT2D eigenvalue weighted by atomic mass is 10.3. The van der Waals surface area contributed by atoms with Crippen LogP contribution in [-0.4, -0.2) is 30.6 Å². The van der Waals surface area contributed by atoms with Gasteiger partial charge in [-0.25, -0.2) is 4.79 Å². The molecule has 46 valence electrons. The molecule has 1 aliphatic rings. The quantitative estimate of drug-likeness (QED) is 0.473. The smallest absolute Gasteiger partial charge is 0.317 e. The summed E-state index contributed by atoms with van der Waals surface area (Å²) in [6.07, 6.45) is 0. The van der Waals surface area contributed by atoms with Gasteiger partial charge in [-0.05, 0) is 6.92 Å². The van der Waals surface area contributed by atoms with Gasteiger partial charge >= 0.3 is 6.03 Å². The summed E-state index contributed by atoms with van der Waals surface area (Å²) in [5.74, 6) is 0. The van der Waals surface area contributed by atoms with Crippen LogP contribution in [0.15, 0.2) is 0 Å². The largest absolute Gasteiger partial charge is 0.336 e. The van der Waals surface area contributed by atoms with Crippen molar-refractivity contribution in [2.75, 3.05) is 13.6 Å². The molecule has 3 heteroatoms. The van der Waals surface area contributed by atoms with Gasteiger partial charge in [0, 0.05) is 19.6 Å². The van der Waals surface area contributed by atoms with E-state index in [-0.39, 0.29) is 6.03 Å². The van der Waals surface area contributed by atoms with Crippen molar-refractivity contribution in [3.63, 3.8) is 0 Å². The summed E-state index contributed by atoms with van der Waals surface area (Å²) in [6, 6.07) is 0.403. The Morgan fingerprint density at radius 3 is 2.62 bits per heavy atom. The van der Waals surface area contributed by atoms with Crippen molar-refractivity contribution in [1.82, 2.24) is 10.2 Å². The van der Waals surface area contributed by atoms with Crippen LogP contribution in [0.25, 0.3) is 0 Å². The number of rotatable bonds is 0. The summed E-state index contributed by atoms with van der Waals surface area (Å²) in [5.41, 5.74) is 0. The van der Waals surface area contributed by atoms with E-state index in [0.29, 0.717) is 6.04 Å². The predicted molar refractivity (Wildman–Crippen MR) is 30.6 cm³/mol. The Hall–Kier alpha value is -0.730. The molecule has 8 heavy (non-hydrogen) atoms. The molecule has 3 nitrogen and oxygen atoms in total. The maximum absolute atomic E-state index is 10.6. The van der Waals surface area contributed by atoms with Gasteiger partial charge in [0.05, 0.1) is 0 Å². The second kappa shape index (κ2) is 1.65. The molecule has 1 atom stereocenters. The fraction of sp³-hybridized carbons (Fsp3) is 0.800. The topological polar surface area (TPSA) is 32.3 Å². The SMILES string of the molecule is C[C@@H]1CNC(=O)N1C. The monoisotopic (exact) mass is 114 g/mol. The van der Waals surface area contributed by atoms with Crippen molar-refractivity contribution in [2.24, 2.45) is 0 Å². The zero-order valence-electron chi connectivity index (χ0n) is 5.14. The molecule has 0 saturated carbocycles. The number of hydrogen-bond acceptors (Lipinski definition) is 1. The first-order chi connectivity index (χ1) is 3.72. The van der Waals surface area contributed by atoms with E-state index in [1.807, 2.05) is 6.92 Å². The summed E-state index contributed by atoms with van der Waals surface area (Å²) in [5, 5.41) is 2.71. The number of nitrogens with zero attached hydrogens (tertiary/aromatic N) is 1. The Kier molecular flexibility index (Phi) is 1.12. The van der Waals surface area contributed by atoms with Crippen LogP contribution in [0.4, 0.5) is 4.79 Å². The summed E-state index contributed by atoms with van der Waals surface area (Å²) < 4.78 is 0. The molecule has 1 fully saturated rings. The lowest BCUT2D eigenvalue weighted by Crippen LogP contribution is -2.27. The summed E-state index contributed by atoms with van der Waals surface area (Å²) in [7, 11) is 1.80. The number of carbonyl (C=O) groups is 1. The van der Waals surface area contributed by atoms with Gasteiger partial charge in [-0.2, -0.15) is 0 Å². The van der Waals surface area contributed by atoms with E-state index in [2.05, 4.69) is 5.32 Å². The van der Waals surface area contributed by atoms with Crippen LogP contribution in [0.2, 0.25) is 0 Å². The van der Waals surface area contributed by atoms with Crippen LogP contribution in [0.3, 0.4) is 0 Å². The second-order valence-corrected chi connectivity index (χ2v) is 2.15. The molecule has 1 heterocycles. The van der Waals surface area contributed by atoms with Crippen LogP contribution >= 0.6 is 0 Å². The van der Waals surface area contributed by atoms with Crippen molar-refractivity contribution in [3.05, 3.63) is 0 Å². The third-order valence-corrected chi connectivity index (χ3v) is 1.53. The lowest BCUT2D eigenvalue weighted by Gasteiger charge is -2.10. The highest BCUT2D eigenvalue weighted by Crippen LogP contribution is 2.00. The molecule has 0 aromatic heterocycles. The number of urea groups is 1. The van der Waals surface area contributed by atoms with Gasteiger partial charge < -0.3 is 10.2 Å². The first kappa shape index (κ1) is 5.41. The molecular formula is C5H10N2O. The molecule has 1 rings (SSSR count). The first-order valence-corrected chi connectivity index (χ1v) is 2.72. The molecule has 2 amide bonds. The fourth-order valence-corrected chi connectivity index (χ4v) is 0.697. The third kappa shape index (κ3) is 0.638. The van der Waals surface area contributed by atoms with Crippen molar-refractivity contribution in [2.45, 2.75) is 13.0 Å². The van der Waals surface area contributed by atoms with E-state index < -0.39 is 0 Å². The van der Waals surface area contributed by atoms with E-state index in [0.717, 1.165) is 6.54 Å². The second-order valence-electron chi connectivity index (χ2n) is 2.15. The van der Waals surface area contributed by atoms with E-state index in [4.69, 9.17) is 0 Å². The van der Waals surface area contributed by atoms with Crippen LogP contribution in [-0.2, 0) is 0 Å². The molecule has 1 saturated heterocycles. The molecule has 1 aliphatic heterocycles. The van der Waals surface area contributed by atoms with E-state index in [1.165, 1.54) is 0 Å². The highest BCUT2D eigenvalue weighted by Gasteiger charge is 2.21. The average Bonchev–Trinajstić information content (AvgIpc) is 1.98. The summed E-state index contributed by atoms with van der Waals surface area (Å²) in [6.45, 7) is 2.80. The van der Waals surface area contributed by atoms with Crippen molar-refractivity contribution in [1.29, 1.82) is 0 Å². The van der Waals surface area contributed by atoms with Crippen LogP contribution in [0.5, 0.6) is 0 Å². The summed E-state index contributed by atoms with van der Waals surface area (Å²) >= 11 is 0. The third-order valence-electron chi connectivity index (χ3n) is 1.53. The minimum atomic E-state index is 0.0394. The van der Waals surface area contributed by atoms with Gasteiger partial charge in [0.1, 0.15) is 0 Å². The summed E-state index contributed by atoms with van der Waals surface area (Å²) in [4.78, 5) is 12.3. The van der Waals surface area contributed by atoms with Gasteiger partial charge in [0.2, 0.25) is 0 Å². The number of likely N-dealkylation sites (N-methyl/N-ethyl adjacent to an activating group) is 1. The molecule has 0 radical (unpaired) electrons. The Labute approximate surface area is 48.7 Å². The van der Waals surface area contributed by atoms with Gasteiger partial charge in [0.25, 0.3) is 0 Å². The number of carbonyl (C=O) groups excluding carboxylic acids is 1. The fourth-order valence-electron chi connectivity index (χ4n) is 0.697. The lowest BCUT2D eigenvalue weighted by molar-refractivity contribution is 0.218. The van der Waals surface area contributed by atoms with E-state index >= 15 is 0 Å². The number of hydrogen-bond donors (Lipinski definition) is 1. The predicted octanol–water partition coefficient (Wildman–Crippen LogP) is 0.0299. The minimum absolute atomic E-state index is 0.0394. The highest BCUT2D eigenvalue weighted by atomic mass is 16.2. The molecule has 0 aromatic carbocycles. The maximum atomic E-state index is 10.6. The molecular weight excluding hydrogens is 104 g/mol. The maximum Gasteiger partial charge on any atom is 0.317 e. The molecule has 0 bridgehead atoms. The van der Waals surface area contributed by atoms with Gasteiger partial charge in [-0.3, -0.25) is 0 Å². The van der Waals surface area contributed by atoms with E-state index in [9.17, 15) is 4.79 Å². The molecule has 0 spiro atoms. The first-order valence-electron chi connectivity index (χ1n) is 2.72. The van der Waals surface area contributed by atoms with Gasteiger partial charge in [-0.1, -0.05) is 0 Å². The van der Waals surface area contributed by atoms with Crippen LogP contribution in [0, 0.1) is 0 Å². The van der Waals surface area contributed by atoms with Crippen molar-refractivity contribution >= 4 is 6.03 Å². The zero-order chi connectivity index (χ0) is 6.15.